The van der Waals surface area contributed by atoms with Crippen LogP contribution in [0.25, 0.3) is 33.4 Å². The first-order valence-electron chi connectivity index (χ1n) is 6.65. The van der Waals surface area contributed by atoms with E-state index in [1.54, 1.807) is 0 Å². The molecule has 100 valence electrons. The van der Waals surface area contributed by atoms with Gasteiger partial charge in [-0.05, 0) is 5.56 Å². The predicted molar refractivity (Wildman–Crippen MR) is 86.1 cm³/mol. The standard InChI is InChI=1S/C17H11N3S/c1-3-7-12(8-4-1)14-11-18-15(13-9-5-2-6-10-13)17-16(14)19-21-20-17/h1-11H. The van der Waals surface area contributed by atoms with E-state index in [9.17, 15) is 0 Å². The van der Waals surface area contributed by atoms with Gasteiger partial charge in [0.15, 0.2) is 0 Å². The van der Waals surface area contributed by atoms with Gasteiger partial charge in [-0.15, -0.1) is 0 Å². The molecule has 2 aromatic carbocycles. The van der Waals surface area contributed by atoms with E-state index in [1.165, 1.54) is 11.7 Å². The van der Waals surface area contributed by atoms with E-state index in [2.05, 4.69) is 25.9 Å². The molecule has 0 saturated heterocycles. The maximum absolute atomic E-state index is 4.63. The highest BCUT2D eigenvalue weighted by atomic mass is 32.1. The van der Waals surface area contributed by atoms with Gasteiger partial charge in [0.2, 0.25) is 0 Å². The minimum Gasteiger partial charge on any atom is -0.253 e. The van der Waals surface area contributed by atoms with Crippen molar-refractivity contribution in [3.63, 3.8) is 0 Å². The summed E-state index contributed by atoms with van der Waals surface area (Å²) in [7, 11) is 0. The van der Waals surface area contributed by atoms with E-state index in [0.29, 0.717) is 0 Å². The van der Waals surface area contributed by atoms with Crippen molar-refractivity contribution in [3.05, 3.63) is 66.9 Å². The summed E-state index contributed by atoms with van der Waals surface area (Å²) in [6.07, 6.45) is 1.89. The maximum Gasteiger partial charge on any atom is 0.131 e. The molecule has 3 nitrogen and oxygen atoms in total. The van der Waals surface area contributed by atoms with Crippen molar-refractivity contribution in [1.29, 1.82) is 0 Å². The number of pyridine rings is 1. The van der Waals surface area contributed by atoms with Gasteiger partial charge in [0, 0.05) is 17.3 Å². The monoisotopic (exact) mass is 289 g/mol. The highest BCUT2D eigenvalue weighted by molar-refractivity contribution is 7.00. The van der Waals surface area contributed by atoms with Gasteiger partial charge in [-0.25, -0.2) is 0 Å². The van der Waals surface area contributed by atoms with Crippen LogP contribution in [0.2, 0.25) is 0 Å². The van der Waals surface area contributed by atoms with Gasteiger partial charge >= 0.3 is 0 Å². The Labute approximate surface area is 126 Å². The Kier molecular flexibility index (Phi) is 2.94. The Bertz CT molecular complexity index is 812. The van der Waals surface area contributed by atoms with Crippen LogP contribution in [-0.2, 0) is 0 Å². The second kappa shape index (κ2) is 5.07. The minimum atomic E-state index is 0.868. The molecule has 4 heteroatoms. The van der Waals surface area contributed by atoms with Gasteiger partial charge in [-0.3, -0.25) is 4.98 Å². The molecule has 0 bridgehead atoms. The summed E-state index contributed by atoms with van der Waals surface area (Å²) in [5.41, 5.74) is 5.88. The van der Waals surface area contributed by atoms with Gasteiger partial charge in [0.05, 0.1) is 17.4 Å². The Balaban J connectivity index is 1.97. The van der Waals surface area contributed by atoms with Crippen molar-refractivity contribution in [2.75, 3.05) is 0 Å². The third-order valence-electron chi connectivity index (χ3n) is 3.42. The molecule has 0 atom stereocenters. The zero-order valence-corrected chi connectivity index (χ0v) is 11.9. The Morgan fingerprint density at radius 1 is 0.667 bits per heavy atom. The molecule has 2 heterocycles. The predicted octanol–water partition coefficient (Wildman–Crippen LogP) is 4.42. The average molecular weight is 289 g/mol. The first kappa shape index (κ1) is 12.2. The first-order valence-corrected chi connectivity index (χ1v) is 7.38. The fourth-order valence-corrected chi connectivity index (χ4v) is 2.97. The average Bonchev–Trinajstić information content (AvgIpc) is 3.05. The molecule has 4 rings (SSSR count). The Hall–Kier alpha value is -2.59. The Morgan fingerprint density at radius 3 is 2.00 bits per heavy atom. The number of hydrogen-bond acceptors (Lipinski definition) is 4. The van der Waals surface area contributed by atoms with Crippen LogP contribution in [0.5, 0.6) is 0 Å². The van der Waals surface area contributed by atoms with E-state index < -0.39 is 0 Å². The summed E-state index contributed by atoms with van der Waals surface area (Å²) in [5.74, 6) is 0. The first-order chi connectivity index (χ1) is 10.4. The molecular formula is C17H11N3S. The molecule has 4 aromatic rings. The van der Waals surface area contributed by atoms with E-state index in [4.69, 9.17) is 0 Å². The van der Waals surface area contributed by atoms with Crippen molar-refractivity contribution in [3.8, 4) is 22.4 Å². The van der Waals surface area contributed by atoms with Crippen LogP contribution in [0.4, 0.5) is 0 Å². The van der Waals surface area contributed by atoms with Crippen LogP contribution >= 0.6 is 11.7 Å². The molecular weight excluding hydrogens is 278 g/mol. The lowest BCUT2D eigenvalue weighted by molar-refractivity contribution is 1.34. The highest BCUT2D eigenvalue weighted by Crippen LogP contribution is 2.32. The molecule has 0 unspecified atom stereocenters. The van der Waals surface area contributed by atoms with Crippen molar-refractivity contribution >= 4 is 22.8 Å². The zero-order chi connectivity index (χ0) is 14.1. The number of nitrogens with zero attached hydrogens (tertiary/aromatic N) is 3. The van der Waals surface area contributed by atoms with Crippen LogP contribution in [0, 0.1) is 0 Å². The smallest absolute Gasteiger partial charge is 0.131 e. The van der Waals surface area contributed by atoms with Crippen LogP contribution in [0.1, 0.15) is 0 Å². The molecule has 0 aliphatic heterocycles. The molecule has 0 saturated carbocycles. The molecule has 0 spiro atoms. The van der Waals surface area contributed by atoms with Crippen molar-refractivity contribution in [2.45, 2.75) is 0 Å². The van der Waals surface area contributed by atoms with Gasteiger partial charge in [-0.2, -0.15) is 8.75 Å². The zero-order valence-electron chi connectivity index (χ0n) is 11.1. The lowest BCUT2D eigenvalue weighted by Gasteiger charge is -2.05. The summed E-state index contributed by atoms with van der Waals surface area (Å²) in [6.45, 7) is 0. The van der Waals surface area contributed by atoms with Gasteiger partial charge in [0.1, 0.15) is 11.0 Å². The van der Waals surface area contributed by atoms with Crippen molar-refractivity contribution < 1.29 is 0 Å². The van der Waals surface area contributed by atoms with Crippen LogP contribution < -0.4 is 0 Å². The third kappa shape index (κ3) is 2.10. The molecule has 0 aliphatic rings. The van der Waals surface area contributed by atoms with E-state index in [1.807, 2.05) is 54.7 Å². The number of benzene rings is 2. The number of hydrogen-bond donors (Lipinski definition) is 0. The summed E-state index contributed by atoms with van der Waals surface area (Å²) in [6, 6.07) is 20.3. The van der Waals surface area contributed by atoms with Crippen molar-refractivity contribution in [2.24, 2.45) is 0 Å². The molecule has 21 heavy (non-hydrogen) atoms. The quantitative estimate of drug-likeness (QED) is 0.548. The van der Waals surface area contributed by atoms with E-state index >= 15 is 0 Å². The largest absolute Gasteiger partial charge is 0.253 e. The topological polar surface area (TPSA) is 38.7 Å². The van der Waals surface area contributed by atoms with E-state index in [-0.39, 0.29) is 0 Å². The summed E-state index contributed by atoms with van der Waals surface area (Å²) < 4.78 is 8.92. The number of rotatable bonds is 2. The van der Waals surface area contributed by atoms with Gasteiger partial charge in [0.25, 0.3) is 0 Å². The normalized spacial score (nSPS) is 10.9. The third-order valence-corrected chi connectivity index (χ3v) is 3.95. The fraction of sp³-hybridized carbons (Fsp3) is 0. The van der Waals surface area contributed by atoms with Crippen LogP contribution in [0.3, 0.4) is 0 Å². The SMILES string of the molecule is c1ccc(-c2cnc(-c3ccccc3)c3nsnc23)cc1. The highest BCUT2D eigenvalue weighted by Gasteiger charge is 2.14. The summed E-state index contributed by atoms with van der Waals surface area (Å²) >= 11 is 1.23. The summed E-state index contributed by atoms with van der Waals surface area (Å²) in [4.78, 5) is 4.63. The fourth-order valence-electron chi connectivity index (χ4n) is 2.41. The lowest BCUT2D eigenvalue weighted by Crippen LogP contribution is -1.89. The van der Waals surface area contributed by atoms with Crippen LogP contribution in [-0.4, -0.2) is 13.7 Å². The number of fused-ring (bicyclic) bond motifs is 1. The molecule has 0 amide bonds. The molecule has 0 N–H and O–H groups in total. The lowest BCUT2D eigenvalue weighted by atomic mass is 10.0. The van der Waals surface area contributed by atoms with Crippen molar-refractivity contribution in [1.82, 2.24) is 13.7 Å². The molecule has 0 radical (unpaired) electrons. The van der Waals surface area contributed by atoms with E-state index in [0.717, 1.165) is 33.4 Å². The molecule has 2 aromatic heterocycles. The van der Waals surface area contributed by atoms with Crippen LogP contribution in [0.15, 0.2) is 66.9 Å². The maximum atomic E-state index is 4.63. The Morgan fingerprint density at radius 2 is 1.29 bits per heavy atom. The summed E-state index contributed by atoms with van der Waals surface area (Å²) in [5, 5.41) is 0. The minimum absolute atomic E-state index is 0.868. The second-order valence-corrected chi connectivity index (χ2v) is 5.24. The second-order valence-electron chi connectivity index (χ2n) is 4.71. The van der Waals surface area contributed by atoms with Gasteiger partial charge < -0.3 is 0 Å². The number of aromatic nitrogens is 3. The molecule has 0 fully saturated rings. The van der Waals surface area contributed by atoms with Gasteiger partial charge in [-0.1, -0.05) is 60.7 Å². The molecule has 0 aliphatic carbocycles.